The molecule has 0 spiro atoms. The molecule has 0 saturated carbocycles. The molecule has 0 aliphatic carbocycles. The van der Waals surface area contributed by atoms with Crippen molar-refractivity contribution in [1.29, 1.82) is 0 Å². The Morgan fingerprint density at radius 2 is 1.76 bits per heavy atom. The highest BCUT2D eigenvalue weighted by Crippen LogP contribution is 2.27. The average molecular weight is 349 g/mol. The summed E-state index contributed by atoms with van der Waals surface area (Å²) in [6.07, 6.45) is 0. The van der Waals surface area contributed by atoms with Gasteiger partial charge in [0.15, 0.2) is 0 Å². The number of rotatable bonds is 3. The minimum absolute atomic E-state index is 0.118. The SMILES string of the molecule is Cc1ccc(Br)c(C(=O)Nc2ccc(C)cc2[N+](=O)[O-])c1. The number of nitro benzene ring substituents is 1. The lowest BCUT2D eigenvalue weighted by atomic mass is 10.1. The second kappa shape index (κ2) is 6.05. The molecule has 1 N–H and O–H groups in total. The van der Waals surface area contributed by atoms with Gasteiger partial charge in [-0.15, -0.1) is 0 Å². The molecule has 6 heteroatoms. The second-order valence-electron chi connectivity index (χ2n) is 4.72. The van der Waals surface area contributed by atoms with Crippen LogP contribution in [0.4, 0.5) is 11.4 Å². The second-order valence-corrected chi connectivity index (χ2v) is 5.57. The molecule has 0 aliphatic rings. The fourth-order valence-corrected chi connectivity index (χ4v) is 2.33. The zero-order chi connectivity index (χ0) is 15.6. The van der Waals surface area contributed by atoms with E-state index in [-0.39, 0.29) is 11.4 Å². The molecule has 108 valence electrons. The maximum absolute atomic E-state index is 12.3. The Labute approximate surface area is 130 Å². The number of nitrogens with one attached hydrogen (secondary N) is 1. The standard InChI is InChI=1S/C15H13BrN2O3/c1-9-3-5-12(16)11(7-9)15(19)17-13-6-4-10(2)8-14(13)18(20)21/h3-8H,1-2H3,(H,17,19). The highest BCUT2D eigenvalue weighted by molar-refractivity contribution is 9.10. The van der Waals surface area contributed by atoms with Crippen molar-refractivity contribution in [1.82, 2.24) is 0 Å². The fraction of sp³-hybridized carbons (Fsp3) is 0.133. The zero-order valence-electron chi connectivity index (χ0n) is 11.5. The van der Waals surface area contributed by atoms with Crippen LogP contribution < -0.4 is 5.32 Å². The summed E-state index contributed by atoms with van der Waals surface area (Å²) in [5.41, 5.74) is 2.19. The summed E-state index contributed by atoms with van der Waals surface area (Å²) in [6, 6.07) is 10.0. The van der Waals surface area contributed by atoms with E-state index in [9.17, 15) is 14.9 Å². The normalized spacial score (nSPS) is 10.2. The number of carbonyl (C=O) groups is 1. The first kappa shape index (κ1) is 15.2. The summed E-state index contributed by atoms with van der Waals surface area (Å²) in [5, 5.41) is 13.7. The van der Waals surface area contributed by atoms with Crippen LogP contribution in [0.25, 0.3) is 0 Å². The molecule has 2 aromatic rings. The number of hydrogen-bond donors (Lipinski definition) is 1. The van der Waals surface area contributed by atoms with Crippen LogP contribution in [0.5, 0.6) is 0 Å². The average Bonchev–Trinajstić information content (AvgIpc) is 2.43. The smallest absolute Gasteiger partial charge is 0.293 e. The zero-order valence-corrected chi connectivity index (χ0v) is 13.1. The van der Waals surface area contributed by atoms with Crippen molar-refractivity contribution >= 4 is 33.2 Å². The first-order chi connectivity index (χ1) is 9.88. The van der Waals surface area contributed by atoms with Crippen LogP contribution in [-0.4, -0.2) is 10.8 Å². The summed E-state index contributed by atoms with van der Waals surface area (Å²) in [4.78, 5) is 22.8. The third-order valence-electron chi connectivity index (χ3n) is 2.96. The number of nitrogens with zero attached hydrogens (tertiary/aromatic N) is 1. The third-order valence-corrected chi connectivity index (χ3v) is 3.66. The first-order valence-electron chi connectivity index (χ1n) is 6.21. The van der Waals surface area contributed by atoms with Crippen LogP contribution >= 0.6 is 15.9 Å². The molecule has 0 saturated heterocycles. The van der Waals surface area contributed by atoms with Crippen molar-refractivity contribution in [3.05, 3.63) is 67.7 Å². The van der Waals surface area contributed by atoms with Crippen LogP contribution in [0.15, 0.2) is 40.9 Å². The van der Waals surface area contributed by atoms with E-state index in [4.69, 9.17) is 0 Å². The summed E-state index contributed by atoms with van der Waals surface area (Å²) in [6.45, 7) is 3.63. The van der Waals surface area contributed by atoms with E-state index in [1.807, 2.05) is 13.0 Å². The fourth-order valence-electron chi connectivity index (χ4n) is 1.90. The van der Waals surface area contributed by atoms with E-state index >= 15 is 0 Å². The van der Waals surface area contributed by atoms with Gasteiger partial charge in [-0.3, -0.25) is 14.9 Å². The molecule has 1 amide bonds. The van der Waals surface area contributed by atoms with Crippen molar-refractivity contribution in [3.8, 4) is 0 Å². The van der Waals surface area contributed by atoms with Crippen molar-refractivity contribution in [2.45, 2.75) is 13.8 Å². The Morgan fingerprint density at radius 3 is 2.43 bits per heavy atom. The molecule has 2 aromatic carbocycles. The van der Waals surface area contributed by atoms with Gasteiger partial charge in [0, 0.05) is 10.5 Å². The highest BCUT2D eigenvalue weighted by atomic mass is 79.9. The summed E-state index contributed by atoms with van der Waals surface area (Å²) in [7, 11) is 0. The number of halogens is 1. The predicted octanol–water partition coefficient (Wildman–Crippen LogP) is 4.23. The molecule has 0 heterocycles. The monoisotopic (exact) mass is 348 g/mol. The van der Waals surface area contributed by atoms with Gasteiger partial charge in [0.05, 0.1) is 10.5 Å². The van der Waals surface area contributed by atoms with Gasteiger partial charge in [0.25, 0.3) is 11.6 Å². The molecule has 0 bridgehead atoms. The summed E-state index contributed by atoms with van der Waals surface area (Å²) < 4.78 is 0.639. The van der Waals surface area contributed by atoms with E-state index in [2.05, 4.69) is 21.2 Å². The van der Waals surface area contributed by atoms with Crippen LogP contribution in [0.2, 0.25) is 0 Å². The van der Waals surface area contributed by atoms with Gasteiger partial charge in [0.1, 0.15) is 5.69 Å². The van der Waals surface area contributed by atoms with Gasteiger partial charge in [-0.1, -0.05) is 17.7 Å². The lowest BCUT2D eigenvalue weighted by molar-refractivity contribution is -0.384. The summed E-state index contributed by atoms with van der Waals surface area (Å²) >= 11 is 3.31. The van der Waals surface area contributed by atoms with E-state index < -0.39 is 10.8 Å². The molecule has 0 atom stereocenters. The largest absolute Gasteiger partial charge is 0.316 e. The minimum Gasteiger partial charge on any atom is -0.316 e. The Balaban J connectivity index is 2.36. The number of benzene rings is 2. The molecule has 0 aromatic heterocycles. The van der Waals surface area contributed by atoms with Gasteiger partial charge in [-0.2, -0.15) is 0 Å². The van der Waals surface area contributed by atoms with Crippen LogP contribution in [0.1, 0.15) is 21.5 Å². The van der Waals surface area contributed by atoms with E-state index in [0.29, 0.717) is 10.0 Å². The number of carbonyl (C=O) groups excluding carboxylic acids is 1. The van der Waals surface area contributed by atoms with Crippen LogP contribution in [-0.2, 0) is 0 Å². The molecular weight excluding hydrogens is 336 g/mol. The molecule has 0 fully saturated rings. The lowest BCUT2D eigenvalue weighted by Gasteiger charge is -2.08. The summed E-state index contributed by atoms with van der Waals surface area (Å²) in [5.74, 6) is -0.391. The minimum atomic E-state index is -0.506. The van der Waals surface area contributed by atoms with Gasteiger partial charge in [0.2, 0.25) is 0 Å². The number of anilines is 1. The highest BCUT2D eigenvalue weighted by Gasteiger charge is 2.18. The lowest BCUT2D eigenvalue weighted by Crippen LogP contribution is -2.14. The van der Waals surface area contributed by atoms with Gasteiger partial charge >= 0.3 is 0 Å². The Kier molecular flexibility index (Phi) is 4.37. The van der Waals surface area contributed by atoms with Crippen molar-refractivity contribution in [2.75, 3.05) is 5.32 Å². The van der Waals surface area contributed by atoms with Crippen LogP contribution in [0.3, 0.4) is 0 Å². The van der Waals surface area contributed by atoms with E-state index in [0.717, 1.165) is 11.1 Å². The molecule has 0 unspecified atom stereocenters. The Bertz CT molecular complexity index is 729. The number of hydrogen-bond acceptors (Lipinski definition) is 3. The van der Waals surface area contributed by atoms with Gasteiger partial charge in [-0.05, 0) is 53.5 Å². The molecule has 0 radical (unpaired) electrons. The Hall–Kier alpha value is -2.21. The molecule has 2 rings (SSSR count). The van der Waals surface area contributed by atoms with Crippen molar-refractivity contribution < 1.29 is 9.72 Å². The first-order valence-corrected chi connectivity index (χ1v) is 7.00. The van der Waals surface area contributed by atoms with Crippen molar-refractivity contribution in [3.63, 3.8) is 0 Å². The molecule has 0 aliphatic heterocycles. The van der Waals surface area contributed by atoms with Crippen LogP contribution in [0, 0.1) is 24.0 Å². The van der Waals surface area contributed by atoms with E-state index in [1.54, 1.807) is 25.1 Å². The topological polar surface area (TPSA) is 72.2 Å². The third kappa shape index (κ3) is 3.46. The quantitative estimate of drug-likeness (QED) is 0.666. The number of amides is 1. The van der Waals surface area contributed by atoms with Gasteiger partial charge < -0.3 is 5.32 Å². The van der Waals surface area contributed by atoms with Crippen molar-refractivity contribution in [2.24, 2.45) is 0 Å². The molecular formula is C15H13BrN2O3. The maximum atomic E-state index is 12.3. The number of aryl methyl sites for hydroxylation is 2. The molecule has 5 nitrogen and oxygen atoms in total. The Morgan fingerprint density at radius 1 is 1.14 bits per heavy atom. The number of nitro groups is 1. The molecule has 21 heavy (non-hydrogen) atoms. The van der Waals surface area contributed by atoms with E-state index in [1.165, 1.54) is 12.1 Å². The predicted molar refractivity (Wildman–Crippen MR) is 84.7 cm³/mol. The van der Waals surface area contributed by atoms with Gasteiger partial charge in [-0.25, -0.2) is 0 Å². The maximum Gasteiger partial charge on any atom is 0.293 e.